The van der Waals surface area contributed by atoms with Gasteiger partial charge in [0.05, 0.1) is 23.6 Å². The Morgan fingerprint density at radius 3 is 2.68 bits per heavy atom. The van der Waals surface area contributed by atoms with Crippen molar-refractivity contribution in [2.24, 2.45) is 0 Å². The average Bonchev–Trinajstić information content (AvgIpc) is 3.36. The van der Waals surface area contributed by atoms with Crippen LogP contribution >= 0.6 is 0 Å². The molecule has 3 aromatic heterocycles. The predicted molar refractivity (Wildman–Crippen MR) is 122 cm³/mol. The van der Waals surface area contributed by atoms with Crippen molar-refractivity contribution in [2.75, 3.05) is 19.7 Å². The van der Waals surface area contributed by atoms with Gasteiger partial charge in [0.1, 0.15) is 0 Å². The highest BCUT2D eigenvalue weighted by Gasteiger charge is 2.27. The van der Waals surface area contributed by atoms with Crippen molar-refractivity contribution in [1.82, 2.24) is 40.1 Å². The van der Waals surface area contributed by atoms with Gasteiger partial charge < -0.3 is 14.4 Å². The lowest BCUT2D eigenvalue weighted by molar-refractivity contribution is 0.0906. The molecule has 1 fully saturated rings. The molecule has 1 aromatic carbocycles. The number of hydrogen-bond donors (Lipinski definition) is 0. The molecule has 0 spiro atoms. The number of fused-ring (bicyclic) bond motifs is 1. The van der Waals surface area contributed by atoms with Gasteiger partial charge >= 0.3 is 6.09 Å². The molecule has 11 heteroatoms. The van der Waals surface area contributed by atoms with E-state index in [1.807, 2.05) is 36.4 Å². The first-order chi connectivity index (χ1) is 16.7. The van der Waals surface area contributed by atoms with Crippen LogP contribution in [0.5, 0.6) is 5.88 Å². The predicted octanol–water partition coefficient (Wildman–Crippen LogP) is 3.05. The van der Waals surface area contributed by atoms with Crippen molar-refractivity contribution < 1.29 is 14.3 Å². The molecule has 5 rings (SSSR count). The first kappa shape index (κ1) is 21.7. The number of aromatic nitrogens is 7. The van der Waals surface area contributed by atoms with Gasteiger partial charge in [-0.1, -0.05) is 12.1 Å². The largest absolute Gasteiger partial charge is 0.469 e. The summed E-state index contributed by atoms with van der Waals surface area (Å²) in [5.74, 6) is 1.62. The van der Waals surface area contributed by atoms with Gasteiger partial charge in [-0.15, -0.1) is 5.10 Å². The van der Waals surface area contributed by atoms with Crippen LogP contribution in [0.1, 0.15) is 31.6 Å². The van der Waals surface area contributed by atoms with Crippen molar-refractivity contribution in [3.05, 3.63) is 54.6 Å². The maximum Gasteiger partial charge on any atom is 0.409 e. The third-order valence-electron chi connectivity index (χ3n) is 5.74. The van der Waals surface area contributed by atoms with Crippen molar-refractivity contribution in [1.29, 1.82) is 0 Å². The van der Waals surface area contributed by atoms with Crippen LogP contribution in [0, 0.1) is 0 Å². The fourth-order valence-electron chi connectivity index (χ4n) is 4.02. The average molecular weight is 460 g/mol. The van der Waals surface area contributed by atoms with E-state index in [1.54, 1.807) is 28.9 Å². The van der Waals surface area contributed by atoms with E-state index < -0.39 is 0 Å². The van der Waals surface area contributed by atoms with Crippen LogP contribution in [-0.4, -0.2) is 65.8 Å². The van der Waals surface area contributed by atoms with Crippen LogP contribution in [0.3, 0.4) is 0 Å². The summed E-state index contributed by atoms with van der Waals surface area (Å²) in [4.78, 5) is 27.1. The molecule has 1 aliphatic heterocycles. The minimum atomic E-state index is -0.276. The number of likely N-dealkylation sites (tertiary alicyclic amines) is 1. The lowest BCUT2D eigenvalue weighted by Gasteiger charge is -2.31. The number of hydrogen-bond acceptors (Lipinski definition) is 9. The van der Waals surface area contributed by atoms with Gasteiger partial charge in [0, 0.05) is 31.0 Å². The molecule has 0 unspecified atom stereocenters. The summed E-state index contributed by atoms with van der Waals surface area (Å²) in [5.41, 5.74) is 1.63. The van der Waals surface area contributed by atoms with E-state index in [1.165, 1.54) is 0 Å². The normalized spacial score (nSPS) is 14.3. The van der Waals surface area contributed by atoms with Crippen LogP contribution in [0.4, 0.5) is 4.79 Å². The zero-order valence-corrected chi connectivity index (χ0v) is 18.7. The number of carbonyl (C=O) groups excluding carboxylic acids is 1. The van der Waals surface area contributed by atoms with Crippen LogP contribution in [0.2, 0.25) is 0 Å². The van der Waals surface area contributed by atoms with Crippen LogP contribution < -0.4 is 4.74 Å². The summed E-state index contributed by atoms with van der Waals surface area (Å²) in [6.45, 7) is 3.51. The molecule has 4 heterocycles. The Morgan fingerprint density at radius 2 is 1.88 bits per heavy atom. The Bertz CT molecular complexity index is 1270. The molecule has 0 N–H and O–H groups in total. The van der Waals surface area contributed by atoms with Crippen molar-refractivity contribution in [2.45, 2.75) is 32.4 Å². The molecule has 4 aromatic rings. The summed E-state index contributed by atoms with van der Waals surface area (Å²) in [6.07, 6.45) is 4.60. The quantitative estimate of drug-likeness (QED) is 0.427. The van der Waals surface area contributed by atoms with Gasteiger partial charge in [-0.05, 0) is 54.5 Å². The smallest absolute Gasteiger partial charge is 0.409 e. The topological polar surface area (TPSA) is 121 Å². The SMILES string of the molecule is CCOC(=O)N1CCC(n2nnnc2COc2nc(-c3ccncc3)nc3ccccc23)CC1. The zero-order chi connectivity index (χ0) is 23.3. The van der Waals surface area contributed by atoms with Crippen LogP contribution in [0.25, 0.3) is 22.3 Å². The summed E-state index contributed by atoms with van der Waals surface area (Å²) < 4.78 is 13.0. The van der Waals surface area contributed by atoms with E-state index >= 15 is 0 Å². The summed E-state index contributed by atoms with van der Waals surface area (Å²) in [5, 5.41) is 13.0. The van der Waals surface area contributed by atoms with Crippen molar-refractivity contribution in [3.63, 3.8) is 0 Å². The molecular formula is C23H24N8O3. The Morgan fingerprint density at radius 1 is 1.09 bits per heavy atom. The minimum Gasteiger partial charge on any atom is -0.469 e. The number of benzene rings is 1. The molecule has 0 atom stereocenters. The second-order valence-corrected chi connectivity index (χ2v) is 7.85. The summed E-state index contributed by atoms with van der Waals surface area (Å²) in [7, 11) is 0. The molecule has 34 heavy (non-hydrogen) atoms. The van der Waals surface area contributed by atoms with E-state index in [2.05, 4.69) is 30.5 Å². The number of tetrazole rings is 1. The Balaban J connectivity index is 1.34. The van der Waals surface area contributed by atoms with E-state index in [-0.39, 0.29) is 18.7 Å². The third-order valence-corrected chi connectivity index (χ3v) is 5.74. The van der Waals surface area contributed by atoms with Crippen LogP contribution in [-0.2, 0) is 11.3 Å². The first-order valence-corrected chi connectivity index (χ1v) is 11.2. The molecule has 0 aliphatic carbocycles. The van der Waals surface area contributed by atoms with E-state index in [9.17, 15) is 4.79 Å². The van der Waals surface area contributed by atoms with Gasteiger partial charge in [0.25, 0.3) is 0 Å². The Hall–Kier alpha value is -4.15. The number of carbonyl (C=O) groups is 1. The standard InChI is InChI=1S/C23H24N8O3/c1-2-33-23(32)30-13-9-17(10-14-30)31-20(27-28-29-31)15-34-22-18-5-3-4-6-19(18)25-21(26-22)16-7-11-24-12-8-16/h3-8,11-12,17H,2,9-10,13-15H2,1H3. The van der Waals surface area contributed by atoms with Crippen LogP contribution in [0.15, 0.2) is 48.8 Å². The molecule has 0 bridgehead atoms. The molecule has 1 aliphatic rings. The second-order valence-electron chi connectivity index (χ2n) is 7.85. The molecule has 1 saturated heterocycles. The Labute approximate surface area is 195 Å². The lowest BCUT2D eigenvalue weighted by atomic mass is 10.1. The number of piperidine rings is 1. The number of rotatable bonds is 6. The highest BCUT2D eigenvalue weighted by atomic mass is 16.6. The number of amides is 1. The highest BCUT2D eigenvalue weighted by Crippen LogP contribution is 2.28. The zero-order valence-electron chi connectivity index (χ0n) is 18.7. The molecule has 174 valence electrons. The Kier molecular flexibility index (Phi) is 6.23. The maximum absolute atomic E-state index is 12.0. The van der Waals surface area contributed by atoms with E-state index in [4.69, 9.17) is 9.47 Å². The first-order valence-electron chi connectivity index (χ1n) is 11.2. The maximum atomic E-state index is 12.0. The molecule has 0 radical (unpaired) electrons. The number of nitrogens with zero attached hydrogens (tertiary/aromatic N) is 8. The van der Waals surface area contributed by atoms with Gasteiger partial charge in [-0.25, -0.2) is 14.5 Å². The molecule has 11 nitrogen and oxygen atoms in total. The highest BCUT2D eigenvalue weighted by molar-refractivity contribution is 5.85. The van der Waals surface area contributed by atoms with E-state index in [0.717, 1.165) is 29.3 Å². The number of para-hydroxylation sites is 1. The van der Waals surface area contributed by atoms with E-state index in [0.29, 0.717) is 37.2 Å². The monoisotopic (exact) mass is 460 g/mol. The number of pyridine rings is 1. The van der Waals surface area contributed by atoms with Crippen molar-refractivity contribution >= 4 is 17.0 Å². The second kappa shape index (κ2) is 9.77. The van der Waals surface area contributed by atoms with Gasteiger partial charge in [0.2, 0.25) is 5.88 Å². The molecular weight excluding hydrogens is 436 g/mol. The molecule has 1 amide bonds. The van der Waals surface area contributed by atoms with Gasteiger partial charge in [-0.2, -0.15) is 4.98 Å². The fourth-order valence-corrected chi connectivity index (χ4v) is 4.02. The van der Waals surface area contributed by atoms with Gasteiger partial charge in [0.15, 0.2) is 18.3 Å². The molecule has 0 saturated carbocycles. The third kappa shape index (κ3) is 4.49. The summed E-state index contributed by atoms with van der Waals surface area (Å²) in [6, 6.07) is 11.5. The number of ether oxygens (including phenoxy) is 2. The minimum absolute atomic E-state index is 0.0776. The van der Waals surface area contributed by atoms with Crippen molar-refractivity contribution in [3.8, 4) is 17.3 Å². The fraction of sp³-hybridized carbons (Fsp3) is 0.348. The lowest BCUT2D eigenvalue weighted by Crippen LogP contribution is -2.39. The summed E-state index contributed by atoms with van der Waals surface area (Å²) >= 11 is 0. The van der Waals surface area contributed by atoms with Gasteiger partial charge in [-0.3, -0.25) is 4.98 Å².